The summed E-state index contributed by atoms with van der Waals surface area (Å²) in [5.74, 6) is 0. The highest BCUT2D eigenvalue weighted by Crippen LogP contribution is 2.08. The van der Waals surface area contributed by atoms with Crippen LogP contribution in [0.4, 0.5) is 0 Å². The van der Waals surface area contributed by atoms with Crippen molar-refractivity contribution in [1.29, 1.82) is 0 Å². The van der Waals surface area contributed by atoms with Crippen molar-refractivity contribution >= 4 is 8.80 Å². The maximum atomic E-state index is 2.45. The van der Waals surface area contributed by atoms with Crippen LogP contribution in [0.15, 0.2) is 35.3 Å². The van der Waals surface area contributed by atoms with Crippen molar-refractivity contribution in [1.82, 2.24) is 0 Å². The van der Waals surface area contributed by atoms with Crippen LogP contribution < -0.4 is 0 Å². The van der Waals surface area contributed by atoms with E-state index in [4.69, 9.17) is 0 Å². The summed E-state index contributed by atoms with van der Waals surface area (Å²) in [5.41, 5.74) is 7.20. The van der Waals surface area contributed by atoms with Crippen molar-refractivity contribution in [3.63, 3.8) is 0 Å². The molecule has 0 saturated heterocycles. The Bertz CT molecular complexity index is 213. The summed E-state index contributed by atoms with van der Waals surface area (Å²) in [6, 6.07) is 0. The highest BCUT2D eigenvalue weighted by atomic mass is 28.3. The van der Waals surface area contributed by atoms with Crippen molar-refractivity contribution in [2.45, 2.75) is 51.9 Å². The van der Waals surface area contributed by atoms with Gasteiger partial charge in [-0.15, -0.1) is 0 Å². The van der Waals surface area contributed by atoms with Gasteiger partial charge < -0.3 is 0 Å². The van der Waals surface area contributed by atoms with Gasteiger partial charge in [0.1, 0.15) is 8.80 Å². The zero-order chi connectivity index (χ0) is 10.8. The van der Waals surface area contributed by atoms with E-state index >= 15 is 0 Å². The maximum Gasteiger partial charge on any atom is 0.109 e. The number of hydrogen-bond donors (Lipinski definition) is 0. The summed E-state index contributed by atoms with van der Waals surface area (Å²) in [7, 11) is -0.693. The van der Waals surface area contributed by atoms with E-state index in [0.717, 1.165) is 0 Å². The van der Waals surface area contributed by atoms with Crippen LogP contribution in [0.5, 0.6) is 0 Å². The Labute approximate surface area is 96.4 Å². The van der Waals surface area contributed by atoms with Gasteiger partial charge in [-0.25, -0.2) is 0 Å². The molecule has 0 aliphatic carbocycles. The maximum absolute atomic E-state index is 2.45. The standard InChI is InChI=1S/C14H24Si/c1-2-3-4-5-6-7-8-9-12-15-13-10-11-14-15/h9-15H,2-8H2,1H3. The molecule has 0 unspecified atom stereocenters. The SMILES string of the molecule is CCCCCCCCC=C[SiH]1C=CC=C1. The summed E-state index contributed by atoms with van der Waals surface area (Å²) in [4.78, 5) is 0. The van der Waals surface area contributed by atoms with E-state index in [2.05, 4.69) is 42.2 Å². The molecule has 84 valence electrons. The zero-order valence-corrected chi connectivity index (χ0v) is 11.1. The fourth-order valence-corrected chi connectivity index (χ4v) is 3.53. The van der Waals surface area contributed by atoms with E-state index < -0.39 is 8.80 Å². The van der Waals surface area contributed by atoms with Gasteiger partial charge in [-0.3, -0.25) is 0 Å². The van der Waals surface area contributed by atoms with Gasteiger partial charge in [-0.1, -0.05) is 74.4 Å². The topological polar surface area (TPSA) is 0 Å². The molecule has 0 aromatic rings. The van der Waals surface area contributed by atoms with E-state index in [1.54, 1.807) is 0 Å². The average Bonchev–Trinajstić information content (AvgIpc) is 2.75. The first-order valence-electron chi connectivity index (χ1n) is 6.45. The Morgan fingerprint density at radius 3 is 2.33 bits per heavy atom. The van der Waals surface area contributed by atoms with Gasteiger partial charge in [0.2, 0.25) is 0 Å². The molecule has 0 N–H and O–H groups in total. The van der Waals surface area contributed by atoms with Crippen LogP contribution in [0, 0.1) is 0 Å². The molecule has 1 aliphatic rings. The normalized spacial score (nSPS) is 15.8. The van der Waals surface area contributed by atoms with E-state index in [1.807, 2.05) is 0 Å². The number of unbranched alkanes of at least 4 members (excludes halogenated alkanes) is 6. The molecule has 0 aromatic carbocycles. The smallest absolute Gasteiger partial charge is 0.0938 e. The third-order valence-electron chi connectivity index (χ3n) is 2.86. The molecular formula is C14H24Si. The lowest BCUT2D eigenvalue weighted by atomic mass is 10.1. The Hall–Kier alpha value is -0.563. The Kier molecular flexibility index (Phi) is 7.27. The quantitative estimate of drug-likeness (QED) is 0.423. The van der Waals surface area contributed by atoms with Crippen molar-refractivity contribution in [2.75, 3.05) is 0 Å². The van der Waals surface area contributed by atoms with Crippen LogP contribution in [0.3, 0.4) is 0 Å². The van der Waals surface area contributed by atoms with E-state index in [9.17, 15) is 0 Å². The highest BCUT2D eigenvalue weighted by Gasteiger charge is 1.98. The van der Waals surface area contributed by atoms with Crippen LogP contribution in [0.2, 0.25) is 0 Å². The number of hydrogen-bond acceptors (Lipinski definition) is 0. The first-order chi connectivity index (χ1) is 7.43. The van der Waals surface area contributed by atoms with Gasteiger partial charge >= 0.3 is 0 Å². The second-order valence-electron chi connectivity index (χ2n) is 4.33. The number of allylic oxidation sites excluding steroid dienone is 3. The molecule has 0 spiro atoms. The molecule has 0 aromatic heterocycles. The molecule has 0 atom stereocenters. The molecule has 0 bridgehead atoms. The molecule has 0 amide bonds. The van der Waals surface area contributed by atoms with Crippen molar-refractivity contribution in [2.24, 2.45) is 0 Å². The van der Waals surface area contributed by atoms with Gasteiger partial charge in [0.15, 0.2) is 0 Å². The molecule has 1 heterocycles. The minimum atomic E-state index is -0.693. The summed E-state index contributed by atoms with van der Waals surface area (Å²) >= 11 is 0. The molecule has 1 rings (SSSR count). The lowest BCUT2D eigenvalue weighted by Gasteiger charge is -1.98. The minimum absolute atomic E-state index is 0.693. The van der Waals surface area contributed by atoms with Crippen LogP contribution in [-0.2, 0) is 0 Å². The predicted molar refractivity (Wildman–Crippen MR) is 72.6 cm³/mol. The Morgan fingerprint density at radius 1 is 0.933 bits per heavy atom. The van der Waals surface area contributed by atoms with Gasteiger partial charge in [0.25, 0.3) is 0 Å². The minimum Gasteiger partial charge on any atom is -0.0938 e. The molecule has 0 radical (unpaired) electrons. The van der Waals surface area contributed by atoms with Crippen LogP contribution in [0.1, 0.15) is 51.9 Å². The molecule has 15 heavy (non-hydrogen) atoms. The first kappa shape index (κ1) is 12.5. The zero-order valence-electron chi connectivity index (χ0n) is 9.99. The summed E-state index contributed by atoms with van der Waals surface area (Å²) in [5, 5.41) is 0. The third-order valence-corrected chi connectivity index (χ3v) is 4.91. The van der Waals surface area contributed by atoms with Crippen LogP contribution in [-0.4, -0.2) is 8.80 Å². The van der Waals surface area contributed by atoms with Crippen molar-refractivity contribution in [3.05, 3.63) is 35.3 Å². The fraction of sp³-hybridized carbons (Fsp3) is 0.571. The van der Waals surface area contributed by atoms with Crippen LogP contribution >= 0.6 is 0 Å². The van der Waals surface area contributed by atoms with Gasteiger partial charge in [0, 0.05) is 0 Å². The van der Waals surface area contributed by atoms with Crippen molar-refractivity contribution < 1.29 is 0 Å². The van der Waals surface area contributed by atoms with Crippen molar-refractivity contribution in [3.8, 4) is 0 Å². The summed E-state index contributed by atoms with van der Waals surface area (Å²) in [6.07, 6.45) is 16.5. The fourth-order valence-electron chi connectivity index (χ4n) is 1.87. The van der Waals surface area contributed by atoms with Crippen LogP contribution in [0.25, 0.3) is 0 Å². The van der Waals surface area contributed by atoms with E-state index in [1.165, 1.54) is 44.9 Å². The Balaban J connectivity index is 1.88. The van der Waals surface area contributed by atoms with E-state index in [-0.39, 0.29) is 0 Å². The second-order valence-corrected chi connectivity index (χ2v) is 6.64. The second kappa shape index (κ2) is 8.72. The first-order valence-corrected chi connectivity index (χ1v) is 8.45. The average molecular weight is 220 g/mol. The largest absolute Gasteiger partial charge is 0.109 e. The lowest BCUT2D eigenvalue weighted by molar-refractivity contribution is 0.611. The van der Waals surface area contributed by atoms with E-state index in [0.29, 0.717) is 0 Å². The summed E-state index contributed by atoms with van der Waals surface area (Å²) in [6.45, 7) is 2.27. The molecule has 1 heteroatoms. The van der Waals surface area contributed by atoms with Gasteiger partial charge in [-0.2, -0.15) is 0 Å². The summed E-state index contributed by atoms with van der Waals surface area (Å²) < 4.78 is 0. The molecule has 1 aliphatic heterocycles. The number of rotatable bonds is 8. The molecule has 0 saturated carbocycles. The lowest BCUT2D eigenvalue weighted by Crippen LogP contribution is -1.97. The molecule has 0 fully saturated rings. The monoisotopic (exact) mass is 220 g/mol. The van der Waals surface area contributed by atoms with Gasteiger partial charge in [0.05, 0.1) is 0 Å². The predicted octanol–water partition coefficient (Wildman–Crippen LogP) is 4.26. The van der Waals surface area contributed by atoms with Gasteiger partial charge in [-0.05, 0) is 12.8 Å². The third kappa shape index (κ3) is 6.51. The molecule has 0 nitrogen and oxygen atoms in total. The molecular weight excluding hydrogens is 196 g/mol. The highest BCUT2D eigenvalue weighted by molar-refractivity contribution is 6.75. The Morgan fingerprint density at radius 2 is 1.60 bits per heavy atom.